The van der Waals surface area contributed by atoms with Crippen LogP contribution in [0.25, 0.3) is 12.2 Å². The highest BCUT2D eigenvalue weighted by Crippen LogP contribution is 2.15. The zero-order chi connectivity index (χ0) is 15.1. The van der Waals surface area contributed by atoms with E-state index in [2.05, 4.69) is 36.4 Å². The molecule has 4 nitrogen and oxygen atoms in total. The minimum atomic E-state index is 0.101. The maximum atomic E-state index is 9.00. The van der Waals surface area contributed by atoms with Crippen molar-refractivity contribution in [2.45, 2.75) is 0 Å². The highest BCUT2D eigenvalue weighted by atomic mass is 16.3. The monoisotopic (exact) mass is 284 g/mol. The van der Waals surface area contributed by atoms with E-state index >= 15 is 0 Å². The van der Waals surface area contributed by atoms with Gasteiger partial charge in [-0.05, 0) is 23.3 Å². The number of aliphatic hydroxyl groups is 1. The van der Waals surface area contributed by atoms with Crippen LogP contribution in [0.2, 0.25) is 0 Å². The average Bonchev–Trinajstić information content (AvgIpc) is 2.53. The lowest BCUT2D eigenvalue weighted by molar-refractivity contribution is -0.671. The molecular weight excluding hydrogens is 262 g/mol. The third kappa shape index (κ3) is 4.41. The molecule has 0 spiro atoms. The lowest BCUT2D eigenvalue weighted by atomic mass is 10.1. The second-order valence-electron chi connectivity index (χ2n) is 4.89. The molecule has 21 heavy (non-hydrogen) atoms. The molecule has 0 radical (unpaired) electrons. The molecule has 4 heteroatoms. The van der Waals surface area contributed by atoms with Crippen molar-refractivity contribution in [2.24, 2.45) is 12.8 Å². The minimum Gasteiger partial charge on any atom is -0.395 e. The summed E-state index contributed by atoms with van der Waals surface area (Å²) in [6, 6.07) is 12.3. The Morgan fingerprint density at radius 2 is 1.62 bits per heavy atom. The van der Waals surface area contributed by atoms with Gasteiger partial charge in [-0.15, -0.1) is 0 Å². The molecular formula is C17H22N3O+. The quantitative estimate of drug-likeness (QED) is 0.623. The third-order valence-electron chi connectivity index (χ3n) is 3.32. The van der Waals surface area contributed by atoms with E-state index in [1.807, 2.05) is 41.0 Å². The van der Waals surface area contributed by atoms with Gasteiger partial charge in [-0.25, -0.2) is 4.57 Å². The summed E-state index contributed by atoms with van der Waals surface area (Å²) >= 11 is 0. The Balaban J connectivity index is 2.06. The van der Waals surface area contributed by atoms with Crippen LogP contribution in [0.5, 0.6) is 0 Å². The van der Waals surface area contributed by atoms with Crippen molar-refractivity contribution in [1.29, 1.82) is 0 Å². The molecule has 0 fully saturated rings. The number of aliphatic hydroxyl groups excluding tert-OH is 1. The van der Waals surface area contributed by atoms with E-state index in [4.69, 9.17) is 10.8 Å². The first kappa shape index (κ1) is 15.2. The van der Waals surface area contributed by atoms with E-state index in [9.17, 15) is 0 Å². The van der Waals surface area contributed by atoms with Crippen LogP contribution < -0.4 is 15.2 Å². The van der Waals surface area contributed by atoms with Gasteiger partial charge in [-0.3, -0.25) is 0 Å². The van der Waals surface area contributed by atoms with Gasteiger partial charge in [0.05, 0.1) is 13.3 Å². The highest BCUT2D eigenvalue weighted by molar-refractivity contribution is 5.70. The summed E-state index contributed by atoms with van der Waals surface area (Å²) in [6.45, 7) is 1.05. The Morgan fingerprint density at radius 3 is 2.14 bits per heavy atom. The first-order valence-corrected chi connectivity index (χ1v) is 7.02. The maximum Gasteiger partial charge on any atom is 0.169 e. The average molecular weight is 284 g/mol. The largest absolute Gasteiger partial charge is 0.395 e. The summed E-state index contributed by atoms with van der Waals surface area (Å²) in [7, 11) is 2.00. The Labute approximate surface area is 125 Å². The van der Waals surface area contributed by atoms with Crippen molar-refractivity contribution < 1.29 is 9.67 Å². The van der Waals surface area contributed by atoms with Crippen LogP contribution in [0.4, 0.5) is 5.69 Å². The normalized spacial score (nSPS) is 11.0. The number of aryl methyl sites for hydroxylation is 1. The van der Waals surface area contributed by atoms with Gasteiger partial charge in [0.25, 0.3) is 0 Å². The molecule has 2 rings (SSSR count). The molecule has 110 valence electrons. The molecule has 0 atom stereocenters. The number of hydrogen-bond acceptors (Lipinski definition) is 3. The molecule has 0 saturated carbocycles. The molecule has 0 saturated heterocycles. The van der Waals surface area contributed by atoms with Gasteiger partial charge in [0.15, 0.2) is 12.4 Å². The summed E-state index contributed by atoms with van der Waals surface area (Å²) in [5.41, 5.74) is 9.00. The lowest BCUT2D eigenvalue weighted by Gasteiger charge is -2.21. The molecule has 1 aromatic carbocycles. The van der Waals surface area contributed by atoms with Crippen molar-refractivity contribution >= 4 is 17.8 Å². The Hall–Kier alpha value is -2.17. The molecule has 3 N–H and O–H groups in total. The minimum absolute atomic E-state index is 0.101. The number of benzene rings is 1. The van der Waals surface area contributed by atoms with Crippen LogP contribution in [0, 0.1) is 0 Å². The molecule has 0 unspecified atom stereocenters. The van der Waals surface area contributed by atoms with Crippen molar-refractivity contribution in [2.75, 3.05) is 24.7 Å². The summed E-state index contributed by atoms with van der Waals surface area (Å²) in [5.74, 6) is 0. The zero-order valence-corrected chi connectivity index (χ0v) is 12.3. The van der Waals surface area contributed by atoms with Gasteiger partial charge in [-0.1, -0.05) is 24.3 Å². The maximum absolute atomic E-state index is 9.00. The number of nitrogens with two attached hydrogens (primary N) is 1. The Bertz CT molecular complexity index is 576. The number of rotatable bonds is 6. The van der Waals surface area contributed by atoms with Crippen molar-refractivity contribution in [3.8, 4) is 0 Å². The second kappa shape index (κ2) is 7.57. The zero-order valence-electron chi connectivity index (χ0n) is 12.3. The summed E-state index contributed by atoms with van der Waals surface area (Å²) < 4.78 is 2.01. The fourth-order valence-corrected chi connectivity index (χ4v) is 2.06. The van der Waals surface area contributed by atoms with Gasteiger partial charge in [0, 0.05) is 24.4 Å². The molecule has 0 aliphatic heterocycles. The van der Waals surface area contributed by atoms with E-state index in [1.165, 1.54) is 5.56 Å². The van der Waals surface area contributed by atoms with Crippen LogP contribution >= 0.6 is 0 Å². The number of nitrogens with zero attached hydrogens (tertiary/aromatic N) is 2. The predicted octanol–water partition coefficient (Wildman–Crippen LogP) is 1.40. The number of anilines is 1. The molecule has 0 aliphatic carbocycles. The Morgan fingerprint density at radius 1 is 1.05 bits per heavy atom. The standard InChI is InChI=1S/C17H22N3O/c1-19-10-8-16(9-11-19)3-2-15-4-6-17(7-5-15)20(14-18)12-13-21/h2-11,21H,12-14,18H2,1H3/q+1. The number of pyridine rings is 1. The fraction of sp³-hybridized carbons (Fsp3) is 0.235. The van der Waals surface area contributed by atoms with Crippen LogP contribution in [-0.2, 0) is 7.05 Å². The first-order chi connectivity index (χ1) is 10.2. The molecule has 0 amide bonds. The fourth-order valence-electron chi connectivity index (χ4n) is 2.06. The van der Waals surface area contributed by atoms with Gasteiger partial charge in [-0.2, -0.15) is 0 Å². The third-order valence-corrected chi connectivity index (χ3v) is 3.32. The molecule has 0 bridgehead atoms. The van der Waals surface area contributed by atoms with E-state index in [1.54, 1.807) is 0 Å². The molecule has 1 aromatic heterocycles. The topological polar surface area (TPSA) is 53.4 Å². The van der Waals surface area contributed by atoms with Gasteiger partial charge >= 0.3 is 0 Å². The van der Waals surface area contributed by atoms with Crippen molar-refractivity contribution in [3.63, 3.8) is 0 Å². The predicted molar refractivity (Wildman–Crippen MR) is 86.5 cm³/mol. The molecule has 1 heterocycles. The van der Waals surface area contributed by atoms with Crippen LogP contribution in [0.15, 0.2) is 48.8 Å². The van der Waals surface area contributed by atoms with Gasteiger partial charge in [0.1, 0.15) is 7.05 Å². The van der Waals surface area contributed by atoms with E-state index in [0.29, 0.717) is 13.2 Å². The van der Waals surface area contributed by atoms with Crippen LogP contribution in [0.3, 0.4) is 0 Å². The SMILES string of the molecule is C[n+]1ccc(/C=C/c2ccc(N(CN)CCO)cc2)cc1. The molecule has 2 aromatic rings. The number of aromatic nitrogens is 1. The first-order valence-electron chi connectivity index (χ1n) is 7.02. The lowest BCUT2D eigenvalue weighted by Crippen LogP contribution is -2.32. The van der Waals surface area contributed by atoms with Gasteiger partial charge < -0.3 is 15.7 Å². The smallest absolute Gasteiger partial charge is 0.169 e. The number of hydrogen-bond donors (Lipinski definition) is 2. The van der Waals surface area contributed by atoms with E-state index in [0.717, 1.165) is 11.3 Å². The van der Waals surface area contributed by atoms with Crippen LogP contribution in [0.1, 0.15) is 11.1 Å². The van der Waals surface area contributed by atoms with Crippen LogP contribution in [-0.4, -0.2) is 24.9 Å². The van der Waals surface area contributed by atoms with E-state index < -0.39 is 0 Å². The summed E-state index contributed by atoms with van der Waals surface area (Å²) in [4.78, 5) is 1.94. The summed E-state index contributed by atoms with van der Waals surface area (Å²) in [5, 5.41) is 9.00. The highest BCUT2D eigenvalue weighted by Gasteiger charge is 2.02. The molecule has 0 aliphatic rings. The second-order valence-corrected chi connectivity index (χ2v) is 4.89. The van der Waals surface area contributed by atoms with Crippen molar-refractivity contribution in [1.82, 2.24) is 0 Å². The summed E-state index contributed by atoms with van der Waals surface area (Å²) in [6.07, 6.45) is 8.22. The van der Waals surface area contributed by atoms with Gasteiger partial charge in [0.2, 0.25) is 0 Å². The van der Waals surface area contributed by atoms with E-state index in [-0.39, 0.29) is 6.61 Å². The Kier molecular flexibility index (Phi) is 5.49. The van der Waals surface area contributed by atoms with Crippen molar-refractivity contribution in [3.05, 3.63) is 59.9 Å².